The summed E-state index contributed by atoms with van der Waals surface area (Å²) in [6, 6.07) is 59.8. The maximum atomic E-state index is 14.6. The summed E-state index contributed by atoms with van der Waals surface area (Å²) in [5.41, 5.74) is 6.13. The van der Waals surface area contributed by atoms with Crippen molar-refractivity contribution < 1.29 is 26.3 Å². The Bertz CT molecular complexity index is 4060. The van der Waals surface area contributed by atoms with E-state index in [-0.39, 0.29) is 28.3 Å². The molecule has 0 saturated heterocycles. The van der Waals surface area contributed by atoms with E-state index in [9.17, 15) is 42.1 Å². The second kappa shape index (κ2) is 16.4. The van der Waals surface area contributed by atoms with E-state index in [1.165, 1.54) is 0 Å². The molecular weight excluding hydrogens is 893 g/mol. The molecule has 70 heavy (non-hydrogen) atoms. The van der Waals surface area contributed by atoms with Crippen LogP contribution in [0.2, 0.25) is 0 Å². The average molecular weight is 924 g/mol. The Morgan fingerprint density at radius 1 is 0.329 bits per heavy atom. The van der Waals surface area contributed by atoms with E-state index >= 15 is 0 Å². The Morgan fingerprint density at radius 2 is 0.814 bits per heavy atom. The molecule has 11 rings (SSSR count). The Morgan fingerprint density at radius 3 is 1.36 bits per heavy atom. The van der Waals surface area contributed by atoms with Gasteiger partial charge < -0.3 is 9.13 Å². The van der Waals surface area contributed by atoms with E-state index in [0.717, 1.165) is 78.0 Å². The Balaban J connectivity index is 1.21. The predicted molar refractivity (Wildman–Crippen MR) is 261 cm³/mol. The van der Waals surface area contributed by atoms with Gasteiger partial charge in [0.05, 0.1) is 73.8 Å². The number of alkyl halides is 6. The van der Waals surface area contributed by atoms with Crippen molar-refractivity contribution in [2.24, 2.45) is 0 Å². The van der Waals surface area contributed by atoms with Crippen LogP contribution in [0.25, 0.3) is 99.5 Å². The van der Waals surface area contributed by atoms with Gasteiger partial charge in [0.2, 0.25) is 0 Å². The van der Waals surface area contributed by atoms with Crippen molar-refractivity contribution in [2.45, 2.75) is 12.4 Å². The molecule has 0 fully saturated rings. The number of rotatable bonds is 6. The molecule has 0 amide bonds. The SMILES string of the molecule is N#Cc1cccc(-c2ccc3c(c2)c2ccccc2n3-c2ccc(-c3cc(C(F)(F)F)cc(C(F)(F)F)c3)c(-c3cc(C#N)ccc3-n3c4ccccc4c4cc(-c5cccc(C#N)c5)ccc43)c2)c1. The van der Waals surface area contributed by atoms with Gasteiger partial charge in [-0.05, 0) is 148 Å². The minimum absolute atomic E-state index is 0.0672. The van der Waals surface area contributed by atoms with Gasteiger partial charge in [-0.25, -0.2) is 0 Å². The molecule has 334 valence electrons. The molecule has 0 atom stereocenters. The second-order valence-electron chi connectivity index (χ2n) is 16.9. The van der Waals surface area contributed by atoms with Gasteiger partial charge in [-0.2, -0.15) is 42.1 Å². The summed E-state index contributed by atoms with van der Waals surface area (Å²) in [5.74, 6) is 0. The highest BCUT2D eigenvalue weighted by molar-refractivity contribution is 6.12. The lowest BCUT2D eigenvalue weighted by Gasteiger charge is -2.21. The zero-order valence-electron chi connectivity index (χ0n) is 36.4. The summed E-state index contributed by atoms with van der Waals surface area (Å²) in [6.07, 6.45) is -10.2. The van der Waals surface area contributed by atoms with E-state index < -0.39 is 23.5 Å². The van der Waals surface area contributed by atoms with Crippen LogP contribution in [0.3, 0.4) is 0 Å². The summed E-state index contributed by atoms with van der Waals surface area (Å²) in [4.78, 5) is 0. The van der Waals surface area contributed by atoms with Gasteiger partial charge >= 0.3 is 12.4 Å². The van der Waals surface area contributed by atoms with Crippen LogP contribution in [0, 0.1) is 34.0 Å². The highest BCUT2D eigenvalue weighted by Gasteiger charge is 2.37. The predicted octanol–water partition coefficient (Wildman–Crippen LogP) is 16.2. The van der Waals surface area contributed by atoms with Crippen LogP contribution in [-0.4, -0.2) is 9.13 Å². The third-order valence-corrected chi connectivity index (χ3v) is 12.8. The number of benzene rings is 9. The molecule has 5 nitrogen and oxygen atoms in total. The molecule has 2 heterocycles. The summed E-state index contributed by atoms with van der Waals surface area (Å²) >= 11 is 0. The second-order valence-corrected chi connectivity index (χ2v) is 16.9. The first-order chi connectivity index (χ1) is 33.8. The highest BCUT2D eigenvalue weighted by atomic mass is 19.4. The minimum Gasteiger partial charge on any atom is -0.309 e. The normalized spacial score (nSPS) is 11.8. The van der Waals surface area contributed by atoms with E-state index in [1.807, 2.05) is 118 Å². The fraction of sp³-hybridized carbons (Fsp3) is 0.0339. The summed E-state index contributed by atoms with van der Waals surface area (Å²) in [5, 5.41) is 33.1. The topological polar surface area (TPSA) is 81.2 Å². The molecular formula is C59H31F6N5. The van der Waals surface area contributed by atoms with E-state index in [4.69, 9.17) is 0 Å². The lowest BCUT2D eigenvalue weighted by molar-refractivity contribution is -0.143. The van der Waals surface area contributed by atoms with Gasteiger partial charge in [-0.1, -0.05) is 78.9 Å². The molecule has 0 unspecified atom stereocenters. The van der Waals surface area contributed by atoms with Crippen LogP contribution in [0.5, 0.6) is 0 Å². The molecule has 9 aromatic carbocycles. The molecule has 0 N–H and O–H groups in total. The molecule has 11 aromatic rings. The van der Waals surface area contributed by atoms with Crippen molar-refractivity contribution in [3.63, 3.8) is 0 Å². The lowest BCUT2D eigenvalue weighted by atomic mass is 9.90. The highest BCUT2D eigenvalue weighted by Crippen LogP contribution is 2.46. The van der Waals surface area contributed by atoms with Gasteiger partial charge in [-0.15, -0.1) is 0 Å². The number of hydrogen-bond acceptors (Lipinski definition) is 3. The molecule has 0 spiro atoms. The Hall–Kier alpha value is -9.37. The van der Waals surface area contributed by atoms with Crippen LogP contribution in [0.15, 0.2) is 188 Å². The number of aromatic nitrogens is 2. The van der Waals surface area contributed by atoms with Crippen molar-refractivity contribution >= 4 is 43.6 Å². The van der Waals surface area contributed by atoms with Crippen LogP contribution in [0.1, 0.15) is 27.8 Å². The Labute approximate surface area is 395 Å². The minimum atomic E-state index is -5.11. The summed E-state index contributed by atoms with van der Waals surface area (Å²) in [6.45, 7) is 0. The summed E-state index contributed by atoms with van der Waals surface area (Å²) < 4.78 is 91.5. The summed E-state index contributed by atoms with van der Waals surface area (Å²) in [7, 11) is 0. The maximum Gasteiger partial charge on any atom is 0.416 e. The molecule has 0 aliphatic heterocycles. The van der Waals surface area contributed by atoms with Crippen LogP contribution in [-0.2, 0) is 12.4 Å². The molecule has 0 aliphatic carbocycles. The molecule has 0 saturated carbocycles. The van der Waals surface area contributed by atoms with Gasteiger partial charge in [0.15, 0.2) is 0 Å². The van der Waals surface area contributed by atoms with Gasteiger partial charge in [0.1, 0.15) is 0 Å². The largest absolute Gasteiger partial charge is 0.416 e. The smallest absolute Gasteiger partial charge is 0.309 e. The molecule has 2 aromatic heterocycles. The first kappa shape index (κ1) is 43.2. The quantitative estimate of drug-likeness (QED) is 0.156. The fourth-order valence-corrected chi connectivity index (χ4v) is 9.65. The van der Waals surface area contributed by atoms with Crippen molar-refractivity contribution in [3.8, 4) is 74.1 Å². The number of para-hydroxylation sites is 2. The van der Waals surface area contributed by atoms with Crippen molar-refractivity contribution in [3.05, 3.63) is 216 Å². The first-order valence-corrected chi connectivity index (χ1v) is 21.9. The monoisotopic (exact) mass is 923 g/mol. The molecule has 0 aliphatic rings. The van der Waals surface area contributed by atoms with Crippen LogP contribution >= 0.6 is 0 Å². The zero-order valence-corrected chi connectivity index (χ0v) is 36.4. The number of hydrogen-bond donors (Lipinski definition) is 0. The lowest BCUT2D eigenvalue weighted by Crippen LogP contribution is -2.11. The molecule has 0 bridgehead atoms. The third kappa shape index (κ3) is 7.36. The van der Waals surface area contributed by atoms with Crippen LogP contribution < -0.4 is 0 Å². The van der Waals surface area contributed by atoms with E-state index in [0.29, 0.717) is 28.1 Å². The van der Waals surface area contributed by atoms with Crippen molar-refractivity contribution in [1.82, 2.24) is 9.13 Å². The third-order valence-electron chi connectivity index (χ3n) is 12.8. The molecule has 0 radical (unpaired) electrons. The number of nitrogens with zero attached hydrogens (tertiary/aromatic N) is 5. The van der Waals surface area contributed by atoms with E-state index in [1.54, 1.807) is 60.7 Å². The van der Waals surface area contributed by atoms with Gasteiger partial charge in [0, 0.05) is 32.8 Å². The Kier molecular flexibility index (Phi) is 10.2. The van der Waals surface area contributed by atoms with E-state index in [2.05, 4.69) is 18.2 Å². The average Bonchev–Trinajstić information content (AvgIpc) is 3.89. The van der Waals surface area contributed by atoms with Crippen molar-refractivity contribution in [1.29, 1.82) is 15.8 Å². The number of nitriles is 3. The number of halogens is 6. The van der Waals surface area contributed by atoms with Crippen molar-refractivity contribution in [2.75, 3.05) is 0 Å². The first-order valence-electron chi connectivity index (χ1n) is 21.9. The van der Waals surface area contributed by atoms with Gasteiger partial charge in [0.25, 0.3) is 0 Å². The van der Waals surface area contributed by atoms with Crippen LogP contribution in [0.4, 0.5) is 26.3 Å². The molecule has 11 heteroatoms. The maximum absolute atomic E-state index is 14.6. The number of fused-ring (bicyclic) bond motifs is 6. The zero-order chi connectivity index (χ0) is 48.5. The van der Waals surface area contributed by atoms with Gasteiger partial charge in [-0.3, -0.25) is 0 Å². The fourth-order valence-electron chi connectivity index (χ4n) is 9.65. The standard InChI is InChI=1S/C59H31F6N5/c60-58(61,62)43-26-42(27-44(30-43)59(63,64)65)46-19-18-45(69-53-13-3-1-11-47(53)51-28-40(16-21-55(51)69)38-9-5-7-35(23-38)32-66)31-49(46)50-25-37(34-68)15-20-56(50)70-54-14-4-2-12-48(54)52-29-41(17-22-57(52)70)39-10-6-8-36(24-39)33-67/h1-31H.